The van der Waals surface area contributed by atoms with Crippen molar-refractivity contribution in [3.8, 4) is 11.5 Å². The Morgan fingerprint density at radius 1 is 1.10 bits per heavy atom. The van der Waals surface area contributed by atoms with Crippen LogP contribution in [0.2, 0.25) is 10.0 Å². The summed E-state index contributed by atoms with van der Waals surface area (Å²) in [5.41, 5.74) is 0.725. The molecule has 0 amide bonds. The summed E-state index contributed by atoms with van der Waals surface area (Å²) >= 11 is 12.0. The van der Waals surface area contributed by atoms with Crippen molar-refractivity contribution in [3.63, 3.8) is 0 Å². The molecule has 0 aliphatic rings. The van der Waals surface area contributed by atoms with Crippen molar-refractivity contribution in [3.05, 3.63) is 57.8 Å². The minimum Gasteiger partial charge on any atom is -0.455 e. The molecule has 0 atom stereocenters. The van der Waals surface area contributed by atoms with Crippen LogP contribution in [-0.2, 0) is 6.54 Å². The molecule has 2 nitrogen and oxygen atoms in total. The zero-order valence-electron chi connectivity index (χ0n) is 10.9. The van der Waals surface area contributed by atoms with Crippen LogP contribution in [0.1, 0.15) is 12.5 Å². The smallest absolute Gasteiger partial charge is 0.147 e. The van der Waals surface area contributed by atoms with E-state index in [1.165, 1.54) is 12.1 Å². The molecule has 0 saturated heterocycles. The third-order valence-corrected chi connectivity index (χ3v) is 3.25. The third kappa shape index (κ3) is 3.85. The fraction of sp³-hybridized carbons (Fsp3) is 0.200. The molecule has 106 valence electrons. The van der Waals surface area contributed by atoms with E-state index in [1.807, 2.05) is 6.92 Å². The Balaban J connectivity index is 2.30. The van der Waals surface area contributed by atoms with Crippen LogP contribution in [0.4, 0.5) is 4.39 Å². The maximum Gasteiger partial charge on any atom is 0.147 e. The average molecular weight is 314 g/mol. The zero-order chi connectivity index (χ0) is 14.5. The molecule has 0 aromatic heterocycles. The Morgan fingerprint density at radius 2 is 1.90 bits per heavy atom. The van der Waals surface area contributed by atoms with Crippen molar-refractivity contribution in [2.45, 2.75) is 13.5 Å². The standard InChI is InChI=1S/C15H14Cl2FNO/c1-2-19-9-10-7-12(18)4-6-14(10)20-15-8-11(16)3-5-13(15)17/h3-8,19H,2,9H2,1H3. The van der Waals surface area contributed by atoms with Crippen molar-refractivity contribution in [1.82, 2.24) is 5.32 Å². The second kappa shape index (κ2) is 6.93. The molecule has 1 N–H and O–H groups in total. The maximum atomic E-state index is 13.3. The Kier molecular flexibility index (Phi) is 5.24. The van der Waals surface area contributed by atoms with E-state index in [0.717, 1.165) is 12.1 Å². The summed E-state index contributed by atoms with van der Waals surface area (Å²) in [7, 11) is 0. The molecule has 20 heavy (non-hydrogen) atoms. The topological polar surface area (TPSA) is 21.3 Å². The van der Waals surface area contributed by atoms with Gasteiger partial charge in [-0.05, 0) is 36.9 Å². The molecule has 0 unspecified atom stereocenters. The predicted molar refractivity (Wildman–Crippen MR) is 80.3 cm³/mol. The van der Waals surface area contributed by atoms with E-state index in [1.54, 1.807) is 24.3 Å². The monoisotopic (exact) mass is 313 g/mol. The highest BCUT2D eigenvalue weighted by molar-refractivity contribution is 6.34. The fourth-order valence-corrected chi connectivity index (χ4v) is 2.04. The molecule has 0 aliphatic carbocycles. The average Bonchev–Trinajstić information content (AvgIpc) is 2.43. The largest absolute Gasteiger partial charge is 0.455 e. The molecule has 0 saturated carbocycles. The predicted octanol–water partition coefficient (Wildman–Crippen LogP) is 5.03. The van der Waals surface area contributed by atoms with E-state index in [2.05, 4.69) is 5.32 Å². The van der Waals surface area contributed by atoms with Gasteiger partial charge in [0.2, 0.25) is 0 Å². The lowest BCUT2D eigenvalue weighted by atomic mass is 10.2. The molecule has 0 spiro atoms. The van der Waals surface area contributed by atoms with Gasteiger partial charge >= 0.3 is 0 Å². The minimum atomic E-state index is -0.303. The van der Waals surface area contributed by atoms with Crippen LogP contribution < -0.4 is 10.1 Å². The molecular formula is C15H14Cl2FNO. The van der Waals surface area contributed by atoms with Gasteiger partial charge < -0.3 is 10.1 Å². The first-order valence-corrected chi connectivity index (χ1v) is 6.97. The van der Waals surface area contributed by atoms with Crippen LogP contribution in [0.5, 0.6) is 11.5 Å². The zero-order valence-corrected chi connectivity index (χ0v) is 12.4. The first-order chi connectivity index (χ1) is 9.60. The SMILES string of the molecule is CCNCc1cc(F)ccc1Oc1cc(Cl)ccc1Cl. The molecule has 0 bridgehead atoms. The lowest BCUT2D eigenvalue weighted by Gasteiger charge is -2.13. The lowest BCUT2D eigenvalue weighted by molar-refractivity contribution is 0.471. The van der Waals surface area contributed by atoms with Gasteiger partial charge in [0, 0.05) is 23.2 Å². The molecule has 2 aromatic rings. The van der Waals surface area contributed by atoms with Gasteiger partial charge in [0.05, 0.1) is 5.02 Å². The molecule has 0 heterocycles. The molecule has 0 radical (unpaired) electrons. The molecular weight excluding hydrogens is 300 g/mol. The van der Waals surface area contributed by atoms with E-state index in [-0.39, 0.29) is 5.82 Å². The van der Waals surface area contributed by atoms with Gasteiger partial charge in [-0.15, -0.1) is 0 Å². The summed E-state index contributed by atoms with van der Waals surface area (Å²) in [6.07, 6.45) is 0. The first kappa shape index (κ1) is 15.1. The van der Waals surface area contributed by atoms with Gasteiger partial charge in [0.25, 0.3) is 0 Å². The Hall–Kier alpha value is -1.29. The summed E-state index contributed by atoms with van der Waals surface area (Å²) in [6.45, 7) is 3.28. The minimum absolute atomic E-state index is 0.303. The van der Waals surface area contributed by atoms with Gasteiger partial charge in [0.1, 0.15) is 17.3 Å². The van der Waals surface area contributed by atoms with E-state index < -0.39 is 0 Å². The normalized spacial score (nSPS) is 10.6. The van der Waals surface area contributed by atoms with Crippen LogP contribution in [0.15, 0.2) is 36.4 Å². The van der Waals surface area contributed by atoms with Crippen LogP contribution in [-0.4, -0.2) is 6.54 Å². The maximum absolute atomic E-state index is 13.3. The lowest BCUT2D eigenvalue weighted by Crippen LogP contribution is -2.12. The number of benzene rings is 2. The summed E-state index contributed by atoms with van der Waals surface area (Å²) < 4.78 is 19.1. The van der Waals surface area contributed by atoms with Gasteiger partial charge in [-0.3, -0.25) is 0 Å². The number of rotatable bonds is 5. The molecule has 2 aromatic carbocycles. The number of hydrogen-bond acceptors (Lipinski definition) is 2. The van der Waals surface area contributed by atoms with Gasteiger partial charge in [-0.25, -0.2) is 4.39 Å². The van der Waals surface area contributed by atoms with Crippen LogP contribution in [0.25, 0.3) is 0 Å². The Morgan fingerprint density at radius 3 is 2.65 bits per heavy atom. The highest BCUT2D eigenvalue weighted by atomic mass is 35.5. The summed E-state index contributed by atoms with van der Waals surface area (Å²) in [4.78, 5) is 0. The van der Waals surface area contributed by atoms with Gasteiger partial charge in [-0.1, -0.05) is 30.1 Å². The van der Waals surface area contributed by atoms with E-state index >= 15 is 0 Å². The highest BCUT2D eigenvalue weighted by Crippen LogP contribution is 2.33. The van der Waals surface area contributed by atoms with Crippen molar-refractivity contribution in [2.24, 2.45) is 0 Å². The highest BCUT2D eigenvalue weighted by Gasteiger charge is 2.09. The van der Waals surface area contributed by atoms with E-state index in [9.17, 15) is 4.39 Å². The summed E-state index contributed by atoms with van der Waals surface area (Å²) in [6, 6.07) is 9.34. The van der Waals surface area contributed by atoms with Crippen molar-refractivity contribution < 1.29 is 9.13 Å². The fourth-order valence-electron chi connectivity index (χ4n) is 1.72. The summed E-state index contributed by atoms with van der Waals surface area (Å²) in [5, 5.41) is 4.12. The van der Waals surface area contributed by atoms with Crippen LogP contribution in [0, 0.1) is 5.82 Å². The van der Waals surface area contributed by atoms with Crippen LogP contribution >= 0.6 is 23.2 Å². The van der Waals surface area contributed by atoms with E-state index in [4.69, 9.17) is 27.9 Å². The van der Waals surface area contributed by atoms with Gasteiger partial charge in [-0.2, -0.15) is 0 Å². The van der Waals surface area contributed by atoms with E-state index in [0.29, 0.717) is 28.1 Å². The van der Waals surface area contributed by atoms with Crippen molar-refractivity contribution >= 4 is 23.2 Å². The number of hydrogen-bond donors (Lipinski definition) is 1. The second-order valence-electron chi connectivity index (χ2n) is 4.21. The van der Waals surface area contributed by atoms with Crippen molar-refractivity contribution in [2.75, 3.05) is 6.54 Å². The Labute approximate surface area is 127 Å². The second-order valence-corrected chi connectivity index (χ2v) is 5.05. The number of halogens is 3. The Bertz CT molecular complexity index is 604. The molecule has 0 fully saturated rings. The van der Waals surface area contributed by atoms with Crippen molar-refractivity contribution in [1.29, 1.82) is 0 Å². The van der Waals surface area contributed by atoms with Gasteiger partial charge in [0.15, 0.2) is 0 Å². The number of nitrogens with one attached hydrogen (secondary N) is 1. The summed E-state index contributed by atoms with van der Waals surface area (Å²) in [5.74, 6) is 0.697. The van der Waals surface area contributed by atoms with Crippen LogP contribution in [0.3, 0.4) is 0 Å². The molecule has 5 heteroatoms. The number of ether oxygens (including phenoxy) is 1. The quantitative estimate of drug-likeness (QED) is 0.835. The molecule has 2 rings (SSSR count). The molecule has 0 aliphatic heterocycles. The first-order valence-electron chi connectivity index (χ1n) is 6.22. The third-order valence-electron chi connectivity index (χ3n) is 2.70.